The molecular weight excluding hydrogens is 521 g/mol. The van der Waals surface area contributed by atoms with Crippen LogP contribution in [-0.2, 0) is 16.4 Å². The average molecular weight is 552 g/mol. The summed E-state index contributed by atoms with van der Waals surface area (Å²) in [6.45, 7) is 4.94. The van der Waals surface area contributed by atoms with E-state index >= 15 is 0 Å². The van der Waals surface area contributed by atoms with Crippen molar-refractivity contribution in [2.45, 2.75) is 13.3 Å². The lowest BCUT2D eigenvalue weighted by molar-refractivity contribution is 0.444. The van der Waals surface area contributed by atoms with Gasteiger partial charge in [0.15, 0.2) is 5.96 Å². The summed E-state index contributed by atoms with van der Waals surface area (Å²) < 4.78 is 26.4. The molecule has 1 fully saturated rings. The Morgan fingerprint density at radius 2 is 2.00 bits per heavy atom. The van der Waals surface area contributed by atoms with Crippen molar-refractivity contribution in [1.29, 1.82) is 0 Å². The van der Waals surface area contributed by atoms with Crippen molar-refractivity contribution in [3.63, 3.8) is 0 Å². The van der Waals surface area contributed by atoms with Crippen LogP contribution in [0.4, 0.5) is 0 Å². The number of nitrogens with one attached hydrogen (secondary N) is 3. The molecular formula is C19H30IN5O2S2. The van der Waals surface area contributed by atoms with Gasteiger partial charge in [0.2, 0.25) is 10.0 Å². The van der Waals surface area contributed by atoms with Gasteiger partial charge in [-0.05, 0) is 25.0 Å². The van der Waals surface area contributed by atoms with Crippen molar-refractivity contribution in [3.8, 4) is 0 Å². The maximum Gasteiger partial charge on any atom is 0.215 e. The molecule has 0 aliphatic carbocycles. The van der Waals surface area contributed by atoms with Gasteiger partial charge < -0.3 is 15.6 Å². The number of hydrogen-bond acceptors (Lipinski definition) is 4. The SMILES string of the molecule is CCNC(=NCCS(=O)(=O)N1CCSCC1)NCCc1c[nH]c2ccccc12.I. The number of aromatic nitrogens is 1. The van der Waals surface area contributed by atoms with Crippen LogP contribution >= 0.6 is 35.7 Å². The monoisotopic (exact) mass is 551 g/mol. The summed E-state index contributed by atoms with van der Waals surface area (Å²) in [6.07, 6.45) is 2.90. The number of hydrogen-bond donors (Lipinski definition) is 3. The van der Waals surface area contributed by atoms with Gasteiger partial charge in [-0.1, -0.05) is 18.2 Å². The first-order valence-corrected chi connectivity index (χ1v) is 12.5. The van der Waals surface area contributed by atoms with Gasteiger partial charge in [-0.3, -0.25) is 4.99 Å². The summed E-state index contributed by atoms with van der Waals surface area (Å²) in [5.41, 5.74) is 2.39. The lowest BCUT2D eigenvalue weighted by atomic mass is 10.1. The van der Waals surface area contributed by atoms with E-state index in [1.165, 1.54) is 10.9 Å². The van der Waals surface area contributed by atoms with Crippen LogP contribution in [-0.4, -0.2) is 73.6 Å². The zero-order valence-corrected chi connectivity index (χ0v) is 20.6. The number of thioether (sulfide) groups is 1. The molecule has 1 aromatic carbocycles. The van der Waals surface area contributed by atoms with Crippen LogP contribution in [0.2, 0.25) is 0 Å². The van der Waals surface area contributed by atoms with Crippen molar-refractivity contribution in [2.24, 2.45) is 4.99 Å². The number of fused-ring (bicyclic) bond motifs is 1. The third kappa shape index (κ3) is 7.04. The second-order valence-corrected chi connectivity index (χ2v) is 9.94. The third-order valence-electron chi connectivity index (χ3n) is 4.69. The van der Waals surface area contributed by atoms with E-state index in [1.807, 2.05) is 25.3 Å². The molecule has 162 valence electrons. The number of benzene rings is 1. The van der Waals surface area contributed by atoms with Gasteiger partial charge in [0.25, 0.3) is 0 Å². The van der Waals surface area contributed by atoms with E-state index in [0.717, 1.165) is 36.5 Å². The predicted octanol–water partition coefficient (Wildman–Crippen LogP) is 2.26. The molecule has 1 aliphatic rings. The van der Waals surface area contributed by atoms with Crippen molar-refractivity contribution in [3.05, 3.63) is 36.0 Å². The molecule has 0 bridgehead atoms. The van der Waals surface area contributed by atoms with E-state index in [2.05, 4.69) is 32.7 Å². The average Bonchev–Trinajstić information content (AvgIpc) is 3.12. The Bertz CT molecular complexity index is 895. The van der Waals surface area contributed by atoms with E-state index in [4.69, 9.17) is 0 Å². The van der Waals surface area contributed by atoms with Gasteiger partial charge in [-0.15, -0.1) is 24.0 Å². The smallest absolute Gasteiger partial charge is 0.215 e. The quantitative estimate of drug-likeness (QED) is 0.266. The lowest BCUT2D eigenvalue weighted by Gasteiger charge is -2.25. The molecule has 7 nitrogen and oxygen atoms in total. The summed E-state index contributed by atoms with van der Waals surface area (Å²) in [4.78, 5) is 7.74. The van der Waals surface area contributed by atoms with Crippen molar-refractivity contribution in [1.82, 2.24) is 19.9 Å². The maximum atomic E-state index is 12.4. The Hall–Kier alpha value is -0.980. The zero-order valence-electron chi connectivity index (χ0n) is 16.7. The molecule has 3 N–H and O–H groups in total. The molecule has 0 radical (unpaired) electrons. The van der Waals surface area contributed by atoms with E-state index < -0.39 is 10.0 Å². The van der Waals surface area contributed by atoms with Crippen LogP contribution < -0.4 is 10.6 Å². The Balaban J connectivity index is 0.00000300. The van der Waals surface area contributed by atoms with Crippen molar-refractivity contribution >= 4 is 62.6 Å². The standard InChI is InChI=1S/C19H29N5O2S2.HI/c1-2-20-19(22-9-14-28(25,26)24-10-12-27-13-11-24)21-8-7-16-15-23-18-6-4-3-5-17(16)18;/h3-6,15,23H,2,7-14H2,1H3,(H2,20,21,22);1H. The highest BCUT2D eigenvalue weighted by Crippen LogP contribution is 2.17. The Morgan fingerprint density at radius 3 is 2.76 bits per heavy atom. The summed E-state index contributed by atoms with van der Waals surface area (Å²) in [5, 5.41) is 7.72. The predicted molar refractivity (Wildman–Crippen MR) is 134 cm³/mol. The van der Waals surface area contributed by atoms with Gasteiger partial charge in [0.05, 0.1) is 12.3 Å². The van der Waals surface area contributed by atoms with Crippen LogP contribution in [0.1, 0.15) is 12.5 Å². The largest absolute Gasteiger partial charge is 0.361 e. The number of H-pyrrole nitrogens is 1. The Kier molecular flexibility index (Phi) is 10.1. The highest BCUT2D eigenvalue weighted by Gasteiger charge is 2.23. The van der Waals surface area contributed by atoms with E-state index in [0.29, 0.717) is 19.0 Å². The zero-order chi connectivity index (χ0) is 19.8. The fraction of sp³-hybridized carbons (Fsp3) is 0.526. The van der Waals surface area contributed by atoms with Crippen LogP contribution in [0.3, 0.4) is 0 Å². The molecule has 3 rings (SSSR count). The number of halogens is 1. The Labute approximate surface area is 194 Å². The number of nitrogens with zero attached hydrogens (tertiary/aromatic N) is 2. The van der Waals surface area contributed by atoms with E-state index in [1.54, 1.807) is 16.1 Å². The van der Waals surface area contributed by atoms with E-state index in [-0.39, 0.29) is 36.3 Å². The Morgan fingerprint density at radius 1 is 1.24 bits per heavy atom. The molecule has 2 heterocycles. The number of aliphatic imine (C=N–C) groups is 1. The van der Waals surface area contributed by atoms with Gasteiger partial charge in [-0.2, -0.15) is 11.8 Å². The normalized spacial score (nSPS) is 15.8. The molecule has 29 heavy (non-hydrogen) atoms. The van der Waals surface area contributed by atoms with Crippen LogP contribution in [0, 0.1) is 0 Å². The van der Waals surface area contributed by atoms with Gasteiger partial charge in [0.1, 0.15) is 0 Å². The highest BCUT2D eigenvalue weighted by atomic mass is 127. The fourth-order valence-corrected chi connectivity index (χ4v) is 5.68. The number of guanidine groups is 1. The van der Waals surface area contributed by atoms with Crippen molar-refractivity contribution in [2.75, 3.05) is 50.0 Å². The minimum atomic E-state index is -3.22. The molecule has 2 aromatic rings. The first-order chi connectivity index (χ1) is 13.6. The number of sulfonamides is 1. The first-order valence-electron chi connectivity index (χ1n) is 9.73. The maximum absolute atomic E-state index is 12.4. The first kappa shape index (κ1) is 24.3. The number of rotatable bonds is 8. The molecule has 0 unspecified atom stereocenters. The number of aromatic amines is 1. The topological polar surface area (TPSA) is 89.6 Å². The van der Waals surface area contributed by atoms with Gasteiger partial charge in [0, 0.05) is 54.8 Å². The highest BCUT2D eigenvalue weighted by molar-refractivity contribution is 14.0. The summed E-state index contributed by atoms with van der Waals surface area (Å²) >= 11 is 1.80. The molecule has 0 spiro atoms. The van der Waals surface area contributed by atoms with Crippen LogP contribution in [0.15, 0.2) is 35.5 Å². The summed E-state index contributed by atoms with van der Waals surface area (Å²) in [7, 11) is -3.22. The second kappa shape index (κ2) is 12.0. The molecule has 1 aliphatic heterocycles. The van der Waals surface area contributed by atoms with Crippen LogP contribution in [0.5, 0.6) is 0 Å². The van der Waals surface area contributed by atoms with Crippen molar-refractivity contribution < 1.29 is 8.42 Å². The van der Waals surface area contributed by atoms with E-state index in [9.17, 15) is 8.42 Å². The summed E-state index contributed by atoms with van der Waals surface area (Å²) in [5.74, 6) is 2.46. The second-order valence-electron chi connectivity index (χ2n) is 6.62. The molecule has 0 atom stereocenters. The molecule has 1 saturated heterocycles. The fourth-order valence-electron chi connectivity index (χ4n) is 3.22. The minimum Gasteiger partial charge on any atom is -0.361 e. The molecule has 0 amide bonds. The van der Waals surface area contributed by atoms with Crippen LogP contribution in [0.25, 0.3) is 10.9 Å². The summed E-state index contributed by atoms with van der Waals surface area (Å²) in [6, 6.07) is 8.25. The molecule has 10 heteroatoms. The minimum absolute atomic E-state index is 0. The van der Waals surface area contributed by atoms with Gasteiger partial charge in [-0.25, -0.2) is 12.7 Å². The number of para-hydroxylation sites is 1. The molecule has 0 saturated carbocycles. The van der Waals surface area contributed by atoms with Gasteiger partial charge >= 0.3 is 0 Å². The molecule has 1 aromatic heterocycles. The lowest BCUT2D eigenvalue weighted by Crippen LogP contribution is -2.41. The third-order valence-corrected chi connectivity index (χ3v) is 7.48.